The largest absolute Gasteiger partial charge is 0.497 e. The molecule has 0 aromatic heterocycles. The van der Waals surface area contributed by atoms with Crippen LogP contribution in [0.1, 0.15) is 37.0 Å². The zero-order valence-corrected chi connectivity index (χ0v) is 23.0. The summed E-state index contributed by atoms with van der Waals surface area (Å²) >= 11 is 0. The van der Waals surface area contributed by atoms with E-state index < -0.39 is 35.9 Å². The molecule has 3 aromatic carbocycles. The molecule has 0 radical (unpaired) electrons. The van der Waals surface area contributed by atoms with Crippen LogP contribution < -0.4 is 9.47 Å². The molecule has 8 heteroatoms. The number of aliphatic hydroxyl groups is 1. The fourth-order valence-corrected chi connectivity index (χ4v) is 4.95. The maximum Gasteiger partial charge on any atom is 0.333 e. The SMILES string of the molecule is CCOC(=O)C1=C[C@@H](OC(c2ccccc2)(c2ccc(OC)cc2)c2ccc(OC)cc2)[C@@H](O)[C@H](OC(C)=O)C1. The van der Waals surface area contributed by atoms with E-state index in [0.717, 1.165) is 16.7 Å². The molecule has 210 valence electrons. The van der Waals surface area contributed by atoms with Crippen molar-refractivity contribution in [3.63, 3.8) is 0 Å². The van der Waals surface area contributed by atoms with Gasteiger partial charge in [-0.2, -0.15) is 0 Å². The van der Waals surface area contributed by atoms with Gasteiger partial charge < -0.3 is 28.8 Å². The summed E-state index contributed by atoms with van der Waals surface area (Å²) in [6, 6.07) is 24.5. The first-order valence-electron chi connectivity index (χ1n) is 13.1. The molecule has 40 heavy (non-hydrogen) atoms. The zero-order chi connectivity index (χ0) is 28.7. The molecule has 0 bridgehead atoms. The van der Waals surface area contributed by atoms with Crippen LogP contribution in [0, 0.1) is 0 Å². The third kappa shape index (κ3) is 6.03. The highest BCUT2D eigenvalue weighted by molar-refractivity contribution is 5.89. The van der Waals surface area contributed by atoms with Crippen molar-refractivity contribution >= 4 is 11.9 Å². The van der Waals surface area contributed by atoms with Gasteiger partial charge in [0.15, 0.2) is 0 Å². The lowest BCUT2D eigenvalue weighted by atomic mass is 9.79. The number of methoxy groups -OCH3 is 2. The van der Waals surface area contributed by atoms with Crippen LogP contribution >= 0.6 is 0 Å². The Kier molecular flexibility index (Phi) is 9.24. The second kappa shape index (κ2) is 12.8. The molecule has 0 fully saturated rings. The third-order valence-corrected chi connectivity index (χ3v) is 6.85. The van der Waals surface area contributed by atoms with Crippen LogP contribution in [-0.4, -0.2) is 56.2 Å². The average Bonchev–Trinajstić information content (AvgIpc) is 2.98. The number of ether oxygens (including phenoxy) is 5. The Hall–Kier alpha value is -4.14. The highest BCUT2D eigenvalue weighted by Crippen LogP contribution is 2.44. The molecule has 0 amide bonds. The molecule has 8 nitrogen and oxygen atoms in total. The van der Waals surface area contributed by atoms with Gasteiger partial charge in [0.1, 0.15) is 35.4 Å². The van der Waals surface area contributed by atoms with Crippen molar-refractivity contribution in [2.45, 2.75) is 44.2 Å². The Bertz CT molecular complexity index is 1270. The Labute approximate surface area is 234 Å². The fraction of sp³-hybridized carbons (Fsp3) is 0.312. The first-order chi connectivity index (χ1) is 19.3. The van der Waals surface area contributed by atoms with Gasteiger partial charge in [0.05, 0.1) is 20.8 Å². The van der Waals surface area contributed by atoms with E-state index in [2.05, 4.69) is 0 Å². The lowest BCUT2D eigenvalue weighted by Gasteiger charge is -2.42. The first kappa shape index (κ1) is 28.9. The molecule has 1 aliphatic carbocycles. The van der Waals surface area contributed by atoms with E-state index >= 15 is 0 Å². The van der Waals surface area contributed by atoms with Crippen molar-refractivity contribution in [1.82, 2.24) is 0 Å². The second-order valence-corrected chi connectivity index (χ2v) is 9.34. The molecular formula is C32H34O8. The summed E-state index contributed by atoms with van der Waals surface area (Å²) in [5.41, 5.74) is 1.27. The van der Waals surface area contributed by atoms with Crippen LogP contribution in [-0.2, 0) is 29.4 Å². The predicted octanol–water partition coefficient (Wildman–Crippen LogP) is 4.57. The van der Waals surface area contributed by atoms with Crippen molar-refractivity contribution in [1.29, 1.82) is 0 Å². The van der Waals surface area contributed by atoms with Gasteiger partial charge in [-0.1, -0.05) is 54.6 Å². The molecule has 0 saturated heterocycles. The average molecular weight is 547 g/mol. The van der Waals surface area contributed by atoms with Crippen molar-refractivity contribution in [3.05, 3.63) is 107 Å². The summed E-state index contributed by atoms with van der Waals surface area (Å²) in [5.74, 6) is 0.196. The van der Waals surface area contributed by atoms with Crippen molar-refractivity contribution in [2.24, 2.45) is 0 Å². The minimum absolute atomic E-state index is 0.00283. The molecule has 0 saturated carbocycles. The lowest BCUT2D eigenvalue weighted by molar-refractivity contribution is -0.166. The minimum atomic E-state index is -1.26. The van der Waals surface area contributed by atoms with Crippen LogP contribution in [0.3, 0.4) is 0 Å². The van der Waals surface area contributed by atoms with E-state index in [4.69, 9.17) is 23.7 Å². The minimum Gasteiger partial charge on any atom is -0.497 e. The van der Waals surface area contributed by atoms with E-state index in [1.165, 1.54) is 6.92 Å². The summed E-state index contributed by atoms with van der Waals surface area (Å²) in [6.45, 7) is 3.14. The van der Waals surface area contributed by atoms with Crippen molar-refractivity contribution in [2.75, 3.05) is 20.8 Å². The quantitative estimate of drug-likeness (QED) is 0.292. The van der Waals surface area contributed by atoms with Gasteiger partial charge in [-0.05, 0) is 54.0 Å². The van der Waals surface area contributed by atoms with E-state index in [-0.39, 0.29) is 18.6 Å². The summed E-state index contributed by atoms with van der Waals surface area (Å²) < 4.78 is 28.4. The Balaban J connectivity index is 1.94. The number of carbonyl (C=O) groups is 2. The monoisotopic (exact) mass is 546 g/mol. The van der Waals surface area contributed by atoms with Gasteiger partial charge >= 0.3 is 11.9 Å². The molecular weight excluding hydrogens is 512 g/mol. The number of carbonyl (C=O) groups excluding carboxylic acids is 2. The maximum absolute atomic E-state index is 12.8. The summed E-state index contributed by atoms with van der Waals surface area (Å²) in [4.78, 5) is 24.7. The summed E-state index contributed by atoms with van der Waals surface area (Å²) in [6.07, 6.45) is -1.76. The molecule has 0 spiro atoms. The van der Waals surface area contributed by atoms with Crippen LogP contribution in [0.2, 0.25) is 0 Å². The molecule has 3 atom stereocenters. The van der Waals surface area contributed by atoms with Gasteiger partial charge in [0.25, 0.3) is 0 Å². The first-order valence-corrected chi connectivity index (χ1v) is 13.1. The molecule has 4 rings (SSSR count). The van der Waals surface area contributed by atoms with Crippen molar-refractivity contribution < 1.29 is 38.4 Å². The standard InChI is InChI=1S/C32H34O8/c1-5-38-31(35)22-19-28(39-21(2)33)30(34)29(20-22)40-32(23-9-7-6-8-10-23,24-11-15-26(36-3)16-12-24)25-13-17-27(37-4)18-14-25/h6-18,20,28-30,34H,5,19H2,1-4H3/t28-,29-,30+/m1/s1. The van der Waals surface area contributed by atoms with Gasteiger partial charge in [-0.25, -0.2) is 4.79 Å². The second-order valence-electron chi connectivity index (χ2n) is 9.34. The van der Waals surface area contributed by atoms with Crippen LogP contribution in [0.25, 0.3) is 0 Å². The van der Waals surface area contributed by atoms with Crippen LogP contribution in [0.15, 0.2) is 90.5 Å². The Morgan fingerprint density at radius 2 is 1.38 bits per heavy atom. The molecule has 1 N–H and O–H groups in total. The number of benzene rings is 3. The van der Waals surface area contributed by atoms with E-state index in [1.54, 1.807) is 27.2 Å². The molecule has 3 aromatic rings. The number of aliphatic hydroxyl groups excluding tert-OH is 1. The van der Waals surface area contributed by atoms with Crippen LogP contribution in [0.4, 0.5) is 0 Å². The maximum atomic E-state index is 12.8. The fourth-order valence-electron chi connectivity index (χ4n) is 4.95. The molecule has 1 aliphatic rings. The summed E-state index contributed by atoms with van der Waals surface area (Å²) in [7, 11) is 3.18. The third-order valence-electron chi connectivity index (χ3n) is 6.85. The zero-order valence-electron chi connectivity index (χ0n) is 23.0. The van der Waals surface area contributed by atoms with E-state index in [0.29, 0.717) is 11.5 Å². The van der Waals surface area contributed by atoms with Gasteiger partial charge in [0.2, 0.25) is 0 Å². The normalized spacial score (nSPS) is 18.8. The van der Waals surface area contributed by atoms with Gasteiger partial charge in [0, 0.05) is 18.9 Å². The number of rotatable bonds is 10. The van der Waals surface area contributed by atoms with E-state index in [1.807, 2.05) is 78.9 Å². The highest BCUT2D eigenvalue weighted by atomic mass is 16.6. The van der Waals surface area contributed by atoms with Crippen molar-refractivity contribution in [3.8, 4) is 11.5 Å². The Morgan fingerprint density at radius 1 is 0.850 bits per heavy atom. The number of esters is 2. The number of hydrogen-bond donors (Lipinski definition) is 1. The van der Waals surface area contributed by atoms with Gasteiger partial charge in [-0.15, -0.1) is 0 Å². The predicted molar refractivity (Wildman–Crippen MR) is 148 cm³/mol. The molecule has 0 heterocycles. The van der Waals surface area contributed by atoms with E-state index in [9.17, 15) is 14.7 Å². The van der Waals surface area contributed by atoms with Crippen LogP contribution in [0.5, 0.6) is 11.5 Å². The molecule has 0 unspecified atom stereocenters. The topological polar surface area (TPSA) is 101 Å². The number of hydrogen-bond acceptors (Lipinski definition) is 8. The van der Waals surface area contributed by atoms with Gasteiger partial charge in [-0.3, -0.25) is 4.79 Å². The lowest BCUT2D eigenvalue weighted by Crippen LogP contribution is -2.48. The molecule has 0 aliphatic heterocycles. The summed E-state index contributed by atoms with van der Waals surface area (Å²) in [5, 5.41) is 11.4. The highest BCUT2D eigenvalue weighted by Gasteiger charge is 2.45. The Morgan fingerprint density at radius 3 is 1.85 bits per heavy atom. The smallest absolute Gasteiger partial charge is 0.333 e.